The van der Waals surface area contributed by atoms with Gasteiger partial charge in [-0.1, -0.05) is 23.7 Å². The van der Waals surface area contributed by atoms with Crippen molar-refractivity contribution in [3.63, 3.8) is 0 Å². The van der Waals surface area contributed by atoms with Gasteiger partial charge < -0.3 is 10.2 Å². The SMILES string of the molecule is NCC(c1cccc(Cl)c1)c1nnc(C2CC2)o1. The molecule has 1 atom stereocenters. The van der Waals surface area contributed by atoms with Gasteiger partial charge in [0.15, 0.2) is 0 Å². The summed E-state index contributed by atoms with van der Waals surface area (Å²) in [6.07, 6.45) is 2.29. The number of rotatable bonds is 4. The molecule has 0 saturated heterocycles. The molecular weight excluding hydrogens is 250 g/mol. The molecule has 0 amide bonds. The molecule has 0 aliphatic heterocycles. The summed E-state index contributed by atoms with van der Waals surface area (Å²) >= 11 is 5.99. The van der Waals surface area contributed by atoms with Gasteiger partial charge in [0.2, 0.25) is 11.8 Å². The topological polar surface area (TPSA) is 64.9 Å². The van der Waals surface area contributed by atoms with Crippen LogP contribution in [-0.4, -0.2) is 16.7 Å². The Balaban J connectivity index is 1.90. The molecule has 1 fully saturated rings. The van der Waals surface area contributed by atoms with E-state index in [1.54, 1.807) is 0 Å². The van der Waals surface area contributed by atoms with E-state index in [1.807, 2.05) is 24.3 Å². The first-order valence-corrected chi connectivity index (χ1v) is 6.44. The van der Waals surface area contributed by atoms with Crippen LogP contribution in [0.2, 0.25) is 5.02 Å². The van der Waals surface area contributed by atoms with Gasteiger partial charge in [-0.05, 0) is 30.5 Å². The van der Waals surface area contributed by atoms with Gasteiger partial charge in [0.05, 0.1) is 5.92 Å². The van der Waals surface area contributed by atoms with Crippen molar-refractivity contribution < 1.29 is 4.42 Å². The maximum absolute atomic E-state index is 5.99. The average Bonchev–Trinajstić information content (AvgIpc) is 3.11. The summed E-state index contributed by atoms with van der Waals surface area (Å²) in [7, 11) is 0. The molecule has 0 bridgehead atoms. The Hall–Kier alpha value is -1.39. The Morgan fingerprint density at radius 1 is 1.39 bits per heavy atom. The van der Waals surface area contributed by atoms with Crippen LogP contribution >= 0.6 is 11.6 Å². The second-order valence-corrected chi connectivity index (χ2v) is 5.03. The predicted molar refractivity (Wildman–Crippen MR) is 68.6 cm³/mol. The smallest absolute Gasteiger partial charge is 0.225 e. The Kier molecular flexibility index (Phi) is 3.06. The van der Waals surface area contributed by atoms with Crippen LogP contribution in [0, 0.1) is 0 Å². The second-order valence-electron chi connectivity index (χ2n) is 4.60. The first kappa shape index (κ1) is 11.7. The van der Waals surface area contributed by atoms with E-state index in [1.165, 1.54) is 0 Å². The van der Waals surface area contributed by atoms with Crippen LogP contribution in [-0.2, 0) is 0 Å². The predicted octanol–water partition coefficient (Wildman–Crippen LogP) is 2.69. The van der Waals surface area contributed by atoms with Gasteiger partial charge in [-0.15, -0.1) is 10.2 Å². The number of nitrogens with two attached hydrogens (primary N) is 1. The minimum Gasteiger partial charge on any atom is -0.424 e. The lowest BCUT2D eigenvalue weighted by molar-refractivity contribution is 0.434. The maximum atomic E-state index is 5.99. The Labute approximate surface area is 110 Å². The molecule has 2 N–H and O–H groups in total. The van der Waals surface area contributed by atoms with Crippen LogP contribution in [0.5, 0.6) is 0 Å². The monoisotopic (exact) mass is 263 g/mol. The Morgan fingerprint density at radius 2 is 2.22 bits per heavy atom. The fourth-order valence-electron chi connectivity index (χ4n) is 1.99. The van der Waals surface area contributed by atoms with E-state index in [4.69, 9.17) is 21.8 Å². The van der Waals surface area contributed by atoms with Crippen LogP contribution in [0.3, 0.4) is 0 Å². The molecule has 4 nitrogen and oxygen atoms in total. The van der Waals surface area contributed by atoms with Gasteiger partial charge in [0, 0.05) is 17.5 Å². The van der Waals surface area contributed by atoms with Crippen LogP contribution in [0.15, 0.2) is 28.7 Å². The van der Waals surface area contributed by atoms with Crippen molar-refractivity contribution in [2.24, 2.45) is 5.73 Å². The first-order chi connectivity index (χ1) is 8.78. The van der Waals surface area contributed by atoms with Crippen LogP contribution in [0.25, 0.3) is 0 Å². The summed E-state index contributed by atoms with van der Waals surface area (Å²) in [5, 5.41) is 8.89. The number of hydrogen-bond donors (Lipinski definition) is 1. The molecule has 1 heterocycles. The van der Waals surface area contributed by atoms with E-state index in [0.717, 1.165) is 24.3 Å². The van der Waals surface area contributed by atoms with E-state index in [-0.39, 0.29) is 5.92 Å². The number of nitrogens with zero attached hydrogens (tertiary/aromatic N) is 2. The molecule has 2 aromatic rings. The van der Waals surface area contributed by atoms with Crippen molar-refractivity contribution >= 4 is 11.6 Å². The zero-order valence-electron chi connectivity index (χ0n) is 9.84. The third-order valence-corrected chi connectivity index (χ3v) is 3.40. The normalized spacial score (nSPS) is 16.8. The minimum atomic E-state index is -0.0799. The summed E-state index contributed by atoms with van der Waals surface area (Å²) in [4.78, 5) is 0. The molecule has 0 radical (unpaired) electrons. The average molecular weight is 264 g/mol. The van der Waals surface area contributed by atoms with Gasteiger partial charge >= 0.3 is 0 Å². The van der Waals surface area contributed by atoms with E-state index in [0.29, 0.717) is 23.4 Å². The molecule has 1 saturated carbocycles. The van der Waals surface area contributed by atoms with Crippen LogP contribution < -0.4 is 5.73 Å². The largest absolute Gasteiger partial charge is 0.424 e. The summed E-state index contributed by atoms with van der Waals surface area (Å²) < 4.78 is 5.71. The molecule has 1 aliphatic carbocycles. The Bertz CT molecular complexity index is 551. The van der Waals surface area contributed by atoms with Gasteiger partial charge in [-0.2, -0.15) is 0 Å². The molecule has 1 aromatic carbocycles. The molecule has 3 rings (SSSR count). The highest BCUT2D eigenvalue weighted by Crippen LogP contribution is 2.39. The minimum absolute atomic E-state index is 0.0799. The van der Waals surface area contributed by atoms with Crippen molar-refractivity contribution in [2.75, 3.05) is 6.54 Å². The molecule has 1 aliphatic rings. The third kappa shape index (κ3) is 2.26. The van der Waals surface area contributed by atoms with Crippen molar-refractivity contribution in [2.45, 2.75) is 24.7 Å². The summed E-state index contributed by atoms with van der Waals surface area (Å²) in [5.74, 6) is 1.71. The fraction of sp³-hybridized carbons (Fsp3) is 0.385. The zero-order valence-corrected chi connectivity index (χ0v) is 10.6. The fourth-order valence-corrected chi connectivity index (χ4v) is 2.18. The van der Waals surface area contributed by atoms with E-state index in [2.05, 4.69) is 10.2 Å². The summed E-state index contributed by atoms with van der Waals surface area (Å²) in [6.45, 7) is 0.423. The maximum Gasteiger partial charge on any atom is 0.225 e. The molecule has 94 valence electrons. The molecule has 1 unspecified atom stereocenters. The van der Waals surface area contributed by atoms with Crippen molar-refractivity contribution in [1.82, 2.24) is 10.2 Å². The lowest BCUT2D eigenvalue weighted by atomic mass is 9.99. The van der Waals surface area contributed by atoms with Gasteiger partial charge in [-0.25, -0.2) is 0 Å². The standard InChI is InChI=1S/C13H14ClN3O/c14-10-3-1-2-9(6-10)11(7-15)13-17-16-12(18-13)8-4-5-8/h1-3,6,8,11H,4-5,7,15H2. The first-order valence-electron chi connectivity index (χ1n) is 6.06. The van der Waals surface area contributed by atoms with Gasteiger partial charge in [-0.3, -0.25) is 0 Å². The van der Waals surface area contributed by atoms with E-state index >= 15 is 0 Å². The highest BCUT2D eigenvalue weighted by Gasteiger charge is 2.30. The number of benzene rings is 1. The zero-order chi connectivity index (χ0) is 12.5. The Morgan fingerprint density at radius 3 is 2.89 bits per heavy atom. The van der Waals surface area contributed by atoms with Gasteiger partial charge in [0.25, 0.3) is 0 Å². The van der Waals surface area contributed by atoms with Crippen LogP contribution in [0.4, 0.5) is 0 Å². The quantitative estimate of drug-likeness (QED) is 0.921. The molecule has 0 spiro atoms. The van der Waals surface area contributed by atoms with Crippen molar-refractivity contribution in [1.29, 1.82) is 0 Å². The van der Waals surface area contributed by atoms with E-state index in [9.17, 15) is 0 Å². The lowest BCUT2D eigenvalue weighted by Gasteiger charge is -2.10. The second kappa shape index (κ2) is 4.71. The highest BCUT2D eigenvalue weighted by molar-refractivity contribution is 6.30. The van der Waals surface area contributed by atoms with Gasteiger partial charge in [0.1, 0.15) is 0 Å². The molecule has 5 heteroatoms. The van der Waals surface area contributed by atoms with Crippen LogP contribution in [0.1, 0.15) is 42.0 Å². The summed E-state index contributed by atoms with van der Waals surface area (Å²) in [5.41, 5.74) is 6.83. The molecular formula is C13H14ClN3O. The number of hydrogen-bond acceptors (Lipinski definition) is 4. The van der Waals surface area contributed by atoms with Crippen molar-refractivity contribution in [3.05, 3.63) is 46.6 Å². The third-order valence-electron chi connectivity index (χ3n) is 3.17. The molecule has 18 heavy (non-hydrogen) atoms. The highest BCUT2D eigenvalue weighted by atomic mass is 35.5. The molecule has 1 aromatic heterocycles. The van der Waals surface area contributed by atoms with Crippen molar-refractivity contribution in [3.8, 4) is 0 Å². The summed E-state index contributed by atoms with van der Waals surface area (Å²) in [6, 6.07) is 7.60. The number of halogens is 1. The number of aromatic nitrogens is 2. The lowest BCUT2D eigenvalue weighted by Crippen LogP contribution is -2.14. The van der Waals surface area contributed by atoms with E-state index < -0.39 is 0 Å².